The van der Waals surface area contributed by atoms with Gasteiger partial charge in [0, 0.05) is 12.0 Å². The Balaban J connectivity index is 1.90. The summed E-state index contributed by atoms with van der Waals surface area (Å²) in [6, 6.07) is 13.4. The molecule has 22 heavy (non-hydrogen) atoms. The smallest absolute Gasteiger partial charge is 0.305 e. The fraction of sp³-hybridized carbons (Fsp3) is 0.278. The number of hydrogen-bond acceptors (Lipinski definition) is 4. The Bertz CT molecular complexity index is 693. The Morgan fingerprint density at radius 1 is 1.27 bits per heavy atom. The van der Waals surface area contributed by atoms with Crippen molar-refractivity contribution in [3.63, 3.8) is 0 Å². The lowest BCUT2D eigenvalue weighted by Gasteiger charge is -2.14. The van der Waals surface area contributed by atoms with Crippen LogP contribution in [0, 0.1) is 0 Å². The van der Waals surface area contributed by atoms with Gasteiger partial charge in [0.25, 0.3) is 0 Å². The zero-order chi connectivity index (χ0) is 15.5. The van der Waals surface area contributed by atoms with E-state index in [0.29, 0.717) is 25.2 Å². The molecule has 0 fully saturated rings. The van der Waals surface area contributed by atoms with Crippen LogP contribution in [0.4, 0.5) is 0 Å². The van der Waals surface area contributed by atoms with Crippen LogP contribution < -0.4 is 4.74 Å². The predicted octanol–water partition coefficient (Wildman–Crippen LogP) is 2.77. The van der Waals surface area contributed by atoms with Gasteiger partial charge in [0.05, 0.1) is 7.11 Å². The van der Waals surface area contributed by atoms with E-state index in [9.17, 15) is 9.90 Å². The van der Waals surface area contributed by atoms with Crippen LogP contribution in [0.3, 0.4) is 0 Å². The molecule has 3 rings (SSSR count). The number of hydrogen-bond donors (Lipinski definition) is 1. The summed E-state index contributed by atoms with van der Waals surface area (Å²) in [6.45, 7) is 0.446. The average Bonchev–Trinajstić information content (AvgIpc) is 2.70. The molecule has 0 saturated heterocycles. The van der Waals surface area contributed by atoms with Crippen molar-refractivity contribution in [1.82, 2.24) is 0 Å². The summed E-state index contributed by atoms with van der Waals surface area (Å²) < 4.78 is 10.5. The van der Waals surface area contributed by atoms with Gasteiger partial charge in [-0.25, -0.2) is 0 Å². The van der Waals surface area contributed by atoms with E-state index in [0.717, 1.165) is 22.3 Å². The van der Waals surface area contributed by atoms with Crippen LogP contribution in [0.1, 0.15) is 34.8 Å². The highest BCUT2D eigenvalue weighted by Gasteiger charge is 2.22. The molecule has 4 nitrogen and oxygen atoms in total. The Morgan fingerprint density at radius 2 is 2.09 bits per heavy atom. The molecule has 114 valence electrons. The van der Waals surface area contributed by atoms with E-state index < -0.39 is 6.10 Å². The zero-order valence-corrected chi connectivity index (χ0v) is 12.4. The molecule has 0 saturated carbocycles. The normalized spacial score (nSPS) is 16.0. The van der Waals surface area contributed by atoms with Gasteiger partial charge >= 0.3 is 5.97 Å². The third kappa shape index (κ3) is 2.83. The van der Waals surface area contributed by atoms with Crippen molar-refractivity contribution >= 4 is 5.97 Å². The highest BCUT2D eigenvalue weighted by atomic mass is 16.5. The van der Waals surface area contributed by atoms with Crippen molar-refractivity contribution in [1.29, 1.82) is 0 Å². The number of esters is 1. The summed E-state index contributed by atoms with van der Waals surface area (Å²) in [5.74, 6) is 0.447. The molecule has 1 aliphatic rings. The number of benzene rings is 2. The molecule has 0 bridgehead atoms. The number of aliphatic hydroxyl groups excluding tert-OH is 1. The van der Waals surface area contributed by atoms with E-state index in [1.807, 2.05) is 42.5 Å². The number of aryl methyl sites for hydroxylation is 1. The fourth-order valence-electron chi connectivity index (χ4n) is 2.70. The molecule has 0 spiro atoms. The summed E-state index contributed by atoms with van der Waals surface area (Å²) in [6.07, 6.45) is 0.184. The van der Waals surface area contributed by atoms with Crippen LogP contribution in [0.5, 0.6) is 5.75 Å². The second-order valence-electron chi connectivity index (χ2n) is 5.34. The number of aliphatic hydroxyl groups is 1. The molecule has 1 N–H and O–H groups in total. The summed E-state index contributed by atoms with van der Waals surface area (Å²) in [4.78, 5) is 11.3. The van der Waals surface area contributed by atoms with Crippen LogP contribution >= 0.6 is 0 Å². The fourth-order valence-corrected chi connectivity index (χ4v) is 2.70. The number of carbonyl (C=O) groups excluding carboxylic acids is 1. The van der Waals surface area contributed by atoms with Gasteiger partial charge in [-0.1, -0.05) is 30.3 Å². The van der Waals surface area contributed by atoms with Gasteiger partial charge in [0.15, 0.2) is 0 Å². The Morgan fingerprint density at radius 3 is 2.91 bits per heavy atom. The Labute approximate surface area is 129 Å². The Hall–Kier alpha value is -2.33. The molecule has 2 aromatic carbocycles. The quantitative estimate of drug-likeness (QED) is 0.885. The van der Waals surface area contributed by atoms with Gasteiger partial charge in [-0.3, -0.25) is 4.79 Å². The second kappa shape index (κ2) is 6.20. The zero-order valence-electron chi connectivity index (χ0n) is 12.4. The van der Waals surface area contributed by atoms with Gasteiger partial charge in [0.1, 0.15) is 18.5 Å². The summed E-state index contributed by atoms with van der Waals surface area (Å²) in [5, 5.41) is 10.7. The van der Waals surface area contributed by atoms with Crippen LogP contribution in [0.2, 0.25) is 0 Å². The molecular formula is C18H18O4. The maximum absolute atomic E-state index is 11.3. The number of rotatable bonds is 3. The van der Waals surface area contributed by atoms with Crippen molar-refractivity contribution in [2.24, 2.45) is 0 Å². The third-order valence-electron chi connectivity index (χ3n) is 3.95. The predicted molar refractivity (Wildman–Crippen MR) is 81.6 cm³/mol. The lowest BCUT2D eigenvalue weighted by Crippen LogP contribution is -2.04. The molecule has 0 aliphatic carbocycles. The van der Waals surface area contributed by atoms with Gasteiger partial charge in [-0.05, 0) is 35.2 Å². The van der Waals surface area contributed by atoms with Crippen LogP contribution in [0.25, 0.3) is 0 Å². The van der Waals surface area contributed by atoms with Gasteiger partial charge < -0.3 is 14.6 Å². The van der Waals surface area contributed by atoms with Crippen molar-refractivity contribution < 1.29 is 19.4 Å². The molecule has 1 aliphatic heterocycles. The van der Waals surface area contributed by atoms with Gasteiger partial charge in [0.2, 0.25) is 0 Å². The van der Waals surface area contributed by atoms with Crippen molar-refractivity contribution in [2.45, 2.75) is 25.6 Å². The maximum atomic E-state index is 11.3. The monoisotopic (exact) mass is 298 g/mol. The average molecular weight is 298 g/mol. The molecule has 0 aromatic heterocycles. The number of fused-ring (bicyclic) bond motifs is 2. The first-order valence-electron chi connectivity index (χ1n) is 7.27. The molecule has 1 unspecified atom stereocenters. The van der Waals surface area contributed by atoms with Crippen LogP contribution in [-0.4, -0.2) is 18.2 Å². The maximum Gasteiger partial charge on any atom is 0.305 e. The third-order valence-corrected chi connectivity index (χ3v) is 3.95. The summed E-state index contributed by atoms with van der Waals surface area (Å²) in [7, 11) is 1.38. The lowest BCUT2D eigenvalue weighted by atomic mass is 9.95. The topological polar surface area (TPSA) is 55.8 Å². The first kappa shape index (κ1) is 14.6. The highest BCUT2D eigenvalue weighted by molar-refractivity contribution is 5.69. The lowest BCUT2D eigenvalue weighted by molar-refractivity contribution is -0.140. The minimum Gasteiger partial charge on any atom is -0.488 e. The van der Waals surface area contributed by atoms with Crippen molar-refractivity contribution in [3.8, 4) is 5.75 Å². The van der Waals surface area contributed by atoms with E-state index in [-0.39, 0.29) is 5.97 Å². The number of carbonyl (C=O) groups is 1. The molecule has 1 atom stereocenters. The molecule has 0 radical (unpaired) electrons. The van der Waals surface area contributed by atoms with Gasteiger partial charge in [-0.2, -0.15) is 0 Å². The minimum atomic E-state index is -0.716. The van der Waals surface area contributed by atoms with Crippen molar-refractivity contribution in [3.05, 3.63) is 64.7 Å². The molecular weight excluding hydrogens is 280 g/mol. The van der Waals surface area contributed by atoms with E-state index in [1.165, 1.54) is 7.11 Å². The second-order valence-corrected chi connectivity index (χ2v) is 5.34. The molecule has 1 heterocycles. The van der Waals surface area contributed by atoms with E-state index in [4.69, 9.17) is 4.74 Å². The van der Waals surface area contributed by atoms with Crippen LogP contribution in [-0.2, 0) is 22.6 Å². The summed E-state index contributed by atoms with van der Waals surface area (Å²) in [5.41, 5.74) is 3.58. The largest absolute Gasteiger partial charge is 0.488 e. The highest BCUT2D eigenvalue weighted by Crippen LogP contribution is 2.36. The molecule has 2 aromatic rings. The standard InChI is InChI=1S/C18H18O4/c1-21-17(19)9-7-12-6-8-16-15(10-12)18(20)14-5-3-2-4-13(14)11-22-16/h2-6,8,10,18,20H,7,9,11H2,1H3. The number of methoxy groups -OCH3 is 1. The summed E-state index contributed by atoms with van der Waals surface area (Å²) >= 11 is 0. The number of ether oxygens (including phenoxy) is 2. The molecule has 4 heteroatoms. The Kier molecular flexibility index (Phi) is 4.11. The van der Waals surface area contributed by atoms with E-state index in [2.05, 4.69) is 4.74 Å². The van der Waals surface area contributed by atoms with Gasteiger partial charge in [-0.15, -0.1) is 0 Å². The first-order valence-corrected chi connectivity index (χ1v) is 7.27. The van der Waals surface area contributed by atoms with E-state index >= 15 is 0 Å². The van der Waals surface area contributed by atoms with E-state index in [1.54, 1.807) is 0 Å². The first-order chi connectivity index (χ1) is 10.7. The van der Waals surface area contributed by atoms with Crippen LogP contribution in [0.15, 0.2) is 42.5 Å². The molecule has 0 amide bonds. The van der Waals surface area contributed by atoms with Crippen molar-refractivity contribution in [2.75, 3.05) is 7.11 Å². The minimum absolute atomic E-state index is 0.239. The SMILES string of the molecule is COC(=O)CCc1ccc2c(c1)C(O)c1ccccc1CO2.